The Morgan fingerprint density at radius 1 is 0.890 bits per heavy atom. The number of amides is 1. The molecule has 0 aromatic heterocycles. The lowest BCUT2D eigenvalue weighted by Gasteiger charge is -2.50. The number of carbonyl (C=O) groups excluding carboxylic acids is 6. The smallest absolute Gasteiger partial charge is 0.329 e. The number of ketones is 3. The molecule has 1 amide bonds. The summed E-state index contributed by atoms with van der Waals surface area (Å²) >= 11 is 0. The Morgan fingerprint density at radius 2 is 1.59 bits per heavy atom. The largest absolute Gasteiger partial charge is 0.460 e. The maximum atomic E-state index is 14.6. The van der Waals surface area contributed by atoms with E-state index in [9.17, 15) is 59.4 Å². The van der Waals surface area contributed by atoms with Crippen molar-refractivity contribution in [1.82, 2.24) is 4.90 Å². The van der Waals surface area contributed by atoms with E-state index < -0.39 is 144 Å². The topological polar surface area (TPSA) is 273 Å². The van der Waals surface area contributed by atoms with Gasteiger partial charge in [0.1, 0.15) is 35.2 Å². The molecule has 3 unspecified atom stereocenters. The maximum Gasteiger partial charge on any atom is 0.329 e. The summed E-state index contributed by atoms with van der Waals surface area (Å²) in [4.78, 5) is 85.8. The number of fused-ring (bicyclic) bond motifs is 3. The van der Waals surface area contributed by atoms with Gasteiger partial charge in [-0.15, -0.1) is 0 Å². The van der Waals surface area contributed by atoms with E-state index in [-0.39, 0.29) is 43.1 Å². The van der Waals surface area contributed by atoms with Crippen LogP contribution in [-0.2, 0) is 52.5 Å². The number of ether oxygens (including phenoxy) is 5. The van der Waals surface area contributed by atoms with Gasteiger partial charge < -0.3 is 59.2 Å². The van der Waals surface area contributed by atoms with Crippen LogP contribution in [0.1, 0.15) is 119 Å². The number of esters is 2. The quantitative estimate of drug-likeness (QED) is 0.109. The van der Waals surface area contributed by atoms with Crippen molar-refractivity contribution in [2.24, 2.45) is 46.8 Å². The molecule has 3 saturated heterocycles. The molecule has 4 heterocycles. The molecule has 0 aromatic carbocycles. The summed E-state index contributed by atoms with van der Waals surface area (Å²) in [6.45, 7) is 9.29. The Balaban J connectivity index is 1.52. The normalized spacial score (nSPS) is 40.5. The fraction of sp³-hybridized carbons (Fsp3) is 0.745. The summed E-state index contributed by atoms with van der Waals surface area (Å²) in [5, 5.41) is 64.9. The van der Waals surface area contributed by atoms with Crippen LogP contribution in [0.4, 0.5) is 0 Å². The van der Waals surface area contributed by atoms with Crippen molar-refractivity contribution in [2.45, 2.75) is 173 Å². The van der Waals surface area contributed by atoms with E-state index in [0.29, 0.717) is 51.4 Å². The fourth-order valence-corrected chi connectivity index (χ4v) is 11.7. The highest BCUT2D eigenvalue weighted by Gasteiger charge is 2.57. The zero-order valence-corrected chi connectivity index (χ0v) is 44.3. The van der Waals surface area contributed by atoms with Crippen LogP contribution < -0.4 is 0 Å². The Kier molecular flexibility index (Phi) is 21.1. The van der Waals surface area contributed by atoms with Gasteiger partial charge in [-0.3, -0.25) is 24.0 Å². The first-order valence-electron chi connectivity index (χ1n) is 26.1. The van der Waals surface area contributed by atoms with Gasteiger partial charge in [0.25, 0.3) is 11.7 Å². The fourth-order valence-electron chi connectivity index (χ4n) is 11.7. The number of nitrogens with zero attached hydrogens (tertiary/aromatic N) is 1. The van der Waals surface area contributed by atoms with E-state index in [1.807, 2.05) is 6.92 Å². The molecule has 0 radical (unpaired) electrons. The van der Waals surface area contributed by atoms with Crippen molar-refractivity contribution < 1.29 is 83.1 Å². The Morgan fingerprint density at radius 3 is 2.23 bits per heavy atom. The van der Waals surface area contributed by atoms with Crippen LogP contribution in [0, 0.1) is 46.8 Å². The molecule has 16 atom stereocenters. The summed E-state index contributed by atoms with van der Waals surface area (Å²) in [5.41, 5.74) is -1.93. The summed E-state index contributed by atoms with van der Waals surface area (Å²) in [6, 6.07) is -1.23. The molecule has 0 aromatic rings. The van der Waals surface area contributed by atoms with Crippen LogP contribution in [0.25, 0.3) is 0 Å². The van der Waals surface area contributed by atoms with E-state index in [2.05, 4.69) is 0 Å². The standard InChI is InChI=1S/C55H83NO17/c1-31-14-11-10-12-20-54(7,67)27-34(4)48(62)40(28-57)47(61)33(3)22-32(2)41(60)26-44-39(23-36-17-19-42(45(24-36)70-9)72-52(66)53(6,29-58)30-59)38-15-13-21-56(46(38)51(65)71-44)50(64)49(63)55(68)35(5)16-18-37(73-55)25-43(31)69-8/h10-12,14,20,22,32,34-40,42-47,57-59,61,67-68H,13,15-19,21,23-30H2,1-9H3/b11-10+,20-12+,31-14+,33-22+/t32-,34-,35-,36?,37?,38?,39+,40-,42-,43+,44+,45-,46+,47-,54+,55-/m1/s1. The zero-order valence-electron chi connectivity index (χ0n) is 44.3. The average Bonchev–Trinajstić information content (AvgIpc) is 3.36. The summed E-state index contributed by atoms with van der Waals surface area (Å²) < 4.78 is 29.8. The number of allylic oxidation sites excluding steroid dienone is 5. The number of methoxy groups -OCH3 is 2. The highest BCUT2D eigenvalue weighted by molar-refractivity contribution is 6.39. The number of carbonyl (C=O) groups is 6. The van der Waals surface area contributed by atoms with Gasteiger partial charge in [-0.1, -0.05) is 57.2 Å². The predicted molar refractivity (Wildman–Crippen MR) is 266 cm³/mol. The van der Waals surface area contributed by atoms with Crippen LogP contribution in [0.3, 0.4) is 0 Å². The number of hydrogen-bond acceptors (Lipinski definition) is 17. The zero-order chi connectivity index (χ0) is 54.2. The minimum Gasteiger partial charge on any atom is -0.460 e. The number of aliphatic hydroxyl groups is 6. The van der Waals surface area contributed by atoms with Crippen molar-refractivity contribution in [3.8, 4) is 0 Å². The summed E-state index contributed by atoms with van der Waals surface area (Å²) in [6.07, 6.45) is 8.23. The van der Waals surface area contributed by atoms with Crippen LogP contribution in [0.5, 0.6) is 0 Å². The third-order valence-corrected chi connectivity index (χ3v) is 16.5. The van der Waals surface area contributed by atoms with Crippen molar-refractivity contribution in [3.05, 3.63) is 47.6 Å². The molecule has 6 N–H and O–H groups in total. The second-order valence-electron chi connectivity index (χ2n) is 22.2. The molecule has 6 bridgehead atoms. The molecule has 4 aliphatic heterocycles. The lowest BCUT2D eigenvalue weighted by atomic mass is 9.68. The second-order valence-corrected chi connectivity index (χ2v) is 22.2. The molecular weight excluding hydrogens is 947 g/mol. The number of rotatable bonds is 9. The lowest BCUT2D eigenvalue weighted by molar-refractivity contribution is -0.266. The first kappa shape index (κ1) is 59.9. The minimum absolute atomic E-state index is 0.0173. The van der Waals surface area contributed by atoms with Crippen molar-refractivity contribution in [3.63, 3.8) is 0 Å². The molecule has 4 fully saturated rings. The van der Waals surface area contributed by atoms with Crippen molar-refractivity contribution >= 4 is 35.2 Å². The van der Waals surface area contributed by atoms with Gasteiger partial charge in [-0.2, -0.15) is 0 Å². The van der Waals surface area contributed by atoms with Gasteiger partial charge in [0.05, 0.1) is 55.8 Å². The molecular formula is C55H83NO17. The van der Waals surface area contributed by atoms with E-state index >= 15 is 0 Å². The van der Waals surface area contributed by atoms with E-state index in [1.165, 1.54) is 38.2 Å². The first-order chi connectivity index (χ1) is 34.4. The first-order valence-corrected chi connectivity index (χ1v) is 26.1. The molecule has 1 saturated carbocycles. The van der Waals surface area contributed by atoms with E-state index in [1.54, 1.807) is 58.9 Å². The van der Waals surface area contributed by atoms with Gasteiger partial charge in [0.2, 0.25) is 5.79 Å². The van der Waals surface area contributed by atoms with Gasteiger partial charge >= 0.3 is 11.9 Å². The van der Waals surface area contributed by atoms with Crippen molar-refractivity contribution in [1.29, 1.82) is 0 Å². The number of aliphatic hydroxyl groups excluding tert-OH is 4. The highest BCUT2D eigenvalue weighted by Crippen LogP contribution is 2.46. The van der Waals surface area contributed by atoms with Crippen LogP contribution in [0.2, 0.25) is 0 Å². The molecule has 18 heteroatoms. The number of piperidine rings is 1. The van der Waals surface area contributed by atoms with Crippen LogP contribution in [0.15, 0.2) is 47.6 Å². The lowest BCUT2D eigenvalue weighted by Crippen LogP contribution is -2.65. The van der Waals surface area contributed by atoms with Gasteiger partial charge in [-0.05, 0) is 108 Å². The number of hydrogen-bond donors (Lipinski definition) is 6. The van der Waals surface area contributed by atoms with Gasteiger partial charge in [0.15, 0.2) is 0 Å². The SMILES string of the molecule is CO[C@H]1CC2CC[C@@H](C)[C@@](O)(O2)C(=O)C(=O)N2CCCC3[C@H]2C(=O)O[C@@H](CC(=O)[C@H](C)/C=C(\C)[C@@H](O)[C@@H](CO)C(=O)[C@H](C)C[C@@](C)(O)/C=C/C=C/C=C/1C)[C@H]3CC1CC[C@@H](OC(=O)C(C)(CO)CO)[C@H](OC)C1. The third kappa shape index (κ3) is 14.1. The van der Waals surface area contributed by atoms with E-state index in [0.717, 1.165) is 5.57 Å². The Hall–Kier alpha value is -3.98. The molecule has 1 aliphatic carbocycles. The van der Waals surface area contributed by atoms with Crippen LogP contribution >= 0.6 is 0 Å². The highest BCUT2D eigenvalue weighted by atomic mass is 16.6. The maximum absolute atomic E-state index is 14.6. The Bertz CT molecular complexity index is 2090. The minimum atomic E-state index is -2.52. The van der Waals surface area contributed by atoms with E-state index in [4.69, 9.17) is 23.7 Å². The summed E-state index contributed by atoms with van der Waals surface area (Å²) in [7, 11) is 3.01. The monoisotopic (exact) mass is 1030 g/mol. The molecule has 18 nitrogen and oxygen atoms in total. The molecule has 5 aliphatic rings. The molecule has 410 valence electrons. The average molecular weight is 1030 g/mol. The van der Waals surface area contributed by atoms with Gasteiger partial charge in [0, 0.05) is 57.3 Å². The predicted octanol–water partition coefficient (Wildman–Crippen LogP) is 3.65. The number of Topliss-reactive ketones (excluding diaryl/α,β-unsaturated/α-hetero) is 3. The molecule has 5 rings (SSSR count). The van der Waals surface area contributed by atoms with Crippen LogP contribution in [-0.4, -0.2) is 165 Å². The molecule has 0 spiro atoms. The Labute approximate surface area is 430 Å². The van der Waals surface area contributed by atoms with Crippen molar-refractivity contribution in [2.75, 3.05) is 40.6 Å². The summed E-state index contributed by atoms with van der Waals surface area (Å²) in [5.74, 6) is -12.1. The van der Waals surface area contributed by atoms with Gasteiger partial charge in [-0.25, -0.2) is 4.79 Å². The second kappa shape index (κ2) is 25.7. The molecule has 73 heavy (non-hydrogen) atoms. The third-order valence-electron chi connectivity index (χ3n) is 16.5.